The zero-order chi connectivity index (χ0) is 17.2. The van der Waals surface area contributed by atoms with Crippen molar-refractivity contribution in [2.75, 3.05) is 5.84 Å². The van der Waals surface area contributed by atoms with Crippen LogP contribution in [0.1, 0.15) is 18.1 Å². The smallest absolute Gasteiger partial charge is 0.257 e. The molecule has 0 saturated heterocycles. The Morgan fingerprint density at radius 1 is 1.16 bits per heavy atom. The van der Waals surface area contributed by atoms with E-state index in [2.05, 4.69) is 15.2 Å². The summed E-state index contributed by atoms with van der Waals surface area (Å²) >= 11 is 3.05. The van der Waals surface area contributed by atoms with Gasteiger partial charge in [-0.15, -0.1) is 21.5 Å². The first-order valence-electron chi connectivity index (χ1n) is 7.64. The predicted octanol–water partition coefficient (Wildman–Crippen LogP) is 4.23. The van der Waals surface area contributed by atoms with Crippen LogP contribution in [0.5, 0.6) is 0 Å². The van der Waals surface area contributed by atoms with Gasteiger partial charge in [-0.05, 0) is 18.4 Å². The van der Waals surface area contributed by atoms with Gasteiger partial charge in [-0.25, -0.2) is 9.66 Å². The van der Waals surface area contributed by atoms with Crippen LogP contribution in [0.3, 0.4) is 0 Å². The van der Waals surface area contributed by atoms with Crippen molar-refractivity contribution in [2.24, 2.45) is 0 Å². The van der Waals surface area contributed by atoms with Crippen molar-refractivity contribution in [1.82, 2.24) is 19.9 Å². The lowest BCUT2D eigenvalue weighted by Gasteiger charge is -2.05. The zero-order valence-electron chi connectivity index (χ0n) is 13.4. The van der Waals surface area contributed by atoms with E-state index in [9.17, 15) is 0 Å². The summed E-state index contributed by atoms with van der Waals surface area (Å²) in [5, 5.41) is 10.9. The SMILES string of the molecule is C[C@H](Sc1nc(-c2ccccc2)cn1N)c1nnc(-c2cccs2)o1. The van der Waals surface area contributed by atoms with Crippen LogP contribution < -0.4 is 5.84 Å². The number of benzene rings is 1. The lowest BCUT2D eigenvalue weighted by atomic mass is 10.2. The number of thiophene rings is 1. The zero-order valence-corrected chi connectivity index (χ0v) is 15.0. The van der Waals surface area contributed by atoms with Gasteiger partial charge < -0.3 is 10.3 Å². The van der Waals surface area contributed by atoms with E-state index in [0.29, 0.717) is 16.9 Å². The molecule has 0 fully saturated rings. The van der Waals surface area contributed by atoms with Gasteiger partial charge >= 0.3 is 0 Å². The van der Waals surface area contributed by atoms with E-state index in [4.69, 9.17) is 10.3 Å². The van der Waals surface area contributed by atoms with Gasteiger partial charge in [0, 0.05) is 5.56 Å². The first kappa shape index (κ1) is 15.9. The van der Waals surface area contributed by atoms with E-state index in [1.54, 1.807) is 11.3 Å². The molecule has 0 saturated carbocycles. The lowest BCUT2D eigenvalue weighted by Crippen LogP contribution is -2.08. The van der Waals surface area contributed by atoms with Crippen LogP contribution in [0.2, 0.25) is 0 Å². The average Bonchev–Trinajstić information content (AvgIpc) is 3.36. The number of imidazole rings is 1. The van der Waals surface area contributed by atoms with Crippen molar-refractivity contribution in [1.29, 1.82) is 0 Å². The van der Waals surface area contributed by atoms with E-state index >= 15 is 0 Å². The van der Waals surface area contributed by atoms with E-state index in [0.717, 1.165) is 16.1 Å². The quantitative estimate of drug-likeness (QED) is 0.419. The Bertz CT molecular complexity index is 962. The van der Waals surface area contributed by atoms with E-state index < -0.39 is 0 Å². The Hall–Kier alpha value is -2.58. The van der Waals surface area contributed by atoms with Crippen molar-refractivity contribution in [3.8, 4) is 22.0 Å². The van der Waals surface area contributed by atoms with Crippen molar-refractivity contribution in [3.05, 3.63) is 59.9 Å². The molecule has 8 heteroatoms. The van der Waals surface area contributed by atoms with Gasteiger partial charge in [0.1, 0.15) is 0 Å². The molecular weight excluding hydrogens is 354 g/mol. The Morgan fingerprint density at radius 3 is 2.76 bits per heavy atom. The van der Waals surface area contributed by atoms with Gasteiger partial charge in [0.05, 0.1) is 22.0 Å². The third-order valence-electron chi connectivity index (χ3n) is 3.57. The molecular formula is C17H15N5OS2. The summed E-state index contributed by atoms with van der Waals surface area (Å²) in [6.45, 7) is 1.99. The number of nitrogens with two attached hydrogens (primary N) is 1. The third-order valence-corrected chi connectivity index (χ3v) is 5.50. The summed E-state index contributed by atoms with van der Waals surface area (Å²) in [4.78, 5) is 5.58. The molecule has 126 valence electrons. The summed E-state index contributed by atoms with van der Waals surface area (Å²) in [6.07, 6.45) is 1.81. The van der Waals surface area contributed by atoms with Crippen LogP contribution in [0.4, 0.5) is 0 Å². The molecule has 6 nitrogen and oxygen atoms in total. The Balaban J connectivity index is 1.53. The molecule has 3 aromatic heterocycles. The fourth-order valence-corrected chi connectivity index (χ4v) is 3.80. The molecule has 0 radical (unpaired) electrons. The lowest BCUT2D eigenvalue weighted by molar-refractivity contribution is 0.510. The maximum atomic E-state index is 6.06. The van der Waals surface area contributed by atoms with Crippen LogP contribution in [0, 0.1) is 0 Å². The fraction of sp³-hybridized carbons (Fsp3) is 0.118. The first-order valence-corrected chi connectivity index (χ1v) is 9.40. The van der Waals surface area contributed by atoms with Crippen molar-refractivity contribution in [3.63, 3.8) is 0 Å². The van der Waals surface area contributed by atoms with Gasteiger partial charge in [-0.3, -0.25) is 0 Å². The summed E-state index contributed by atoms with van der Waals surface area (Å²) in [6, 6.07) is 13.9. The molecule has 0 aliphatic heterocycles. The minimum absolute atomic E-state index is 0.0606. The van der Waals surface area contributed by atoms with Gasteiger partial charge in [0.15, 0.2) is 5.16 Å². The summed E-state index contributed by atoms with van der Waals surface area (Å²) in [5.41, 5.74) is 1.86. The minimum Gasteiger partial charge on any atom is -0.419 e. The Kier molecular flexibility index (Phi) is 4.29. The molecule has 25 heavy (non-hydrogen) atoms. The van der Waals surface area contributed by atoms with E-state index in [1.807, 2.05) is 61.0 Å². The molecule has 1 atom stereocenters. The number of hydrogen-bond acceptors (Lipinski definition) is 7. The molecule has 2 N–H and O–H groups in total. The highest BCUT2D eigenvalue weighted by molar-refractivity contribution is 7.99. The summed E-state index contributed by atoms with van der Waals surface area (Å²) in [7, 11) is 0. The molecule has 0 unspecified atom stereocenters. The molecule has 0 spiro atoms. The molecule has 4 aromatic rings. The van der Waals surface area contributed by atoms with Crippen LogP contribution in [-0.4, -0.2) is 19.9 Å². The van der Waals surface area contributed by atoms with Crippen LogP contribution in [0.25, 0.3) is 22.0 Å². The van der Waals surface area contributed by atoms with Crippen molar-refractivity contribution >= 4 is 23.1 Å². The monoisotopic (exact) mass is 369 g/mol. The highest BCUT2D eigenvalue weighted by atomic mass is 32.2. The molecule has 1 aromatic carbocycles. The van der Waals surface area contributed by atoms with Gasteiger partial charge in [-0.2, -0.15) is 0 Å². The second kappa shape index (κ2) is 6.73. The maximum Gasteiger partial charge on any atom is 0.257 e. The van der Waals surface area contributed by atoms with E-state index in [1.165, 1.54) is 16.4 Å². The normalized spacial score (nSPS) is 12.4. The van der Waals surface area contributed by atoms with Crippen LogP contribution in [-0.2, 0) is 0 Å². The Labute approximate surface area is 152 Å². The minimum atomic E-state index is -0.0606. The standard InChI is InChI=1S/C17H15N5OS2/c1-11(15-20-21-16(23-15)14-8-5-9-24-14)25-17-19-13(10-22(17)18)12-6-3-2-4-7-12/h2-11H,18H2,1H3/t11-/m0/s1. The number of rotatable bonds is 5. The Morgan fingerprint density at radius 2 is 2.00 bits per heavy atom. The summed E-state index contributed by atoms with van der Waals surface area (Å²) < 4.78 is 7.31. The molecule has 0 aliphatic rings. The molecule has 4 rings (SSSR count). The number of hydrogen-bond donors (Lipinski definition) is 1. The summed E-state index contributed by atoms with van der Waals surface area (Å²) in [5.74, 6) is 7.15. The fourth-order valence-electron chi connectivity index (χ4n) is 2.32. The number of aromatic nitrogens is 4. The predicted molar refractivity (Wildman–Crippen MR) is 99.7 cm³/mol. The highest BCUT2D eigenvalue weighted by Gasteiger charge is 2.19. The average molecular weight is 369 g/mol. The third kappa shape index (κ3) is 3.31. The molecule has 0 amide bonds. The van der Waals surface area contributed by atoms with Gasteiger partial charge in [0.2, 0.25) is 5.89 Å². The highest BCUT2D eigenvalue weighted by Crippen LogP contribution is 2.35. The topological polar surface area (TPSA) is 82.8 Å². The van der Waals surface area contributed by atoms with Crippen LogP contribution in [0.15, 0.2) is 63.6 Å². The van der Waals surface area contributed by atoms with E-state index in [-0.39, 0.29) is 5.25 Å². The number of nitrogens with zero attached hydrogens (tertiary/aromatic N) is 4. The second-order valence-electron chi connectivity index (χ2n) is 5.36. The number of nitrogen functional groups attached to an aromatic ring is 1. The molecule has 0 bridgehead atoms. The first-order chi connectivity index (χ1) is 12.2. The van der Waals surface area contributed by atoms with Crippen LogP contribution >= 0.6 is 23.1 Å². The maximum absolute atomic E-state index is 6.06. The second-order valence-corrected chi connectivity index (χ2v) is 7.62. The largest absolute Gasteiger partial charge is 0.419 e. The van der Waals surface area contributed by atoms with Crippen molar-refractivity contribution < 1.29 is 4.42 Å². The molecule has 3 heterocycles. The number of thioether (sulfide) groups is 1. The van der Waals surface area contributed by atoms with Gasteiger partial charge in [-0.1, -0.05) is 48.2 Å². The molecule has 0 aliphatic carbocycles. The van der Waals surface area contributed by atoms with Crippen molar-refractivity contribution in [2.45, 2.75) is 17.3 Å². The van der Waals surface area contributed by atoms with Gasteiger partial charge in [0.25, 0.3) is 5.89 Å².